The summed E-state index contributed by atoms with van der Waals surface area (Å²) < 4.78 is 22.8. The molecule has 1 heterocycles. The van der Waals surface area contributed by atoms with E-state index in [4.69, 9.17) is 18.9 Å². The number of carbonyl (C=O) groups is 1. The Hall–Kier alpha value is -5.05. The molecule has 9 nitrogen and oxygen atoms in total. The summed E-state index contributed by atoms with van der Waals surface area (Å²) >= 11 is 0. The van der Waals surface area contributed by atoms with Gasteiger partial charge in [0, 0.05) is 27.7 Å². The average molecular weight is 679 g/mol. The fourth-order valence-electron chi connectivity index (χ4n) is 5.87. The second-order valence-corrected chi connectivity index (χ2v) is 12.9. The van der Waals surface area contributed by atoms with E-state index in [2.05, 4.69) is 52.6 Å². The number of hydrogen-bond acceptors (Lipinski definition) is 9. The standard InChI is InChI=1S/C41H50N4O5/c1-5-47-32-21-23-34(24-22-32)50-29-41(4)42-37-16-14-15-35-36(25-26-38(43-41)39(35)37)45-44-31-17-19-33(20-18-31)48-27-12-10-8-6-7-9-11-13-28-49-40(46)30(2)3/h14-26,42-43H,2,5-13,27-29H2,1,3-4H3/b45-44+. The average Bonchev–Trinajstić information content (AvgIpc) is 3.12. The highest BCUT2D eigenvalue weighted by Gasteiger charge is 2.31. The van der Waals surface area contributed by atoms with Gasteiger partial charge in [0.15, 0.2) is 0 Å². The van der Waals surface area contributed by atoms with E-state index >= 15 is 0 Å². The highest BCUT2D eigenvalue weighted by molar-refractivity contribution is 6.09. The Balaban J connectivity index is 1.04. The molecule has 0 spiro atoms. The number of nitrogens with one attached hydrogen (secondary N) is 2. The summed E-state index contributed by atoms with van der Waals surface area (Å²) in [6.07, 6.45) is 8.99. The van der Waals surface area contributed by atoms with Gasteiger partial charge in [0.25, 0.3) is 0 Å². The van der Waals surface area contributed by atoms with Crippen LogP contribution in [0.1, 0.15) is 72.1 Å². The van der Waals surface area contributed by atoms with Crippen LogP contribution in [-0.2, 0) is 9.53 Å². The fraction of sp³-hybridized carbons (Fsp3) is 0.390. The third-order valence-corrected chi connectivity index (χ3v) is 8.50. The van der Waals surface area contributed by atoms with Crippen LogP contribution in [0.4, 0.5) is 22.7 Å². The van der Waals surface area contributed by atoms with Crippen molar-refractivity contribution < 1.29 is 23.7 Å². The number of azo groups is 1. The molecule has 0 amide bonds. The number of ether oxygens (including phenoxy) is 4. The maximum Gasteiger partial charge on any atom is 0.333 e. The Morgan fingerprint density at radius 3 is 1.94 bits per heavy atom. The zero-order valence-corrected chi connectivity index (χ0v) is 29.6. The van der Waals surface area contributed by atoms with Gasteiger partial charge >= 0.3 is 5.97 Å². The van der Waals surface area contributed by atoms with Crippen molar-refractivity contribution in [3.8, 4) is 17.2 Å². The van der Waals surface area contributed by atoms with Crippen LogP contribution < -0.4 is 24.8 Å². The van der Waals surface area contributed by atoms with Gasteiger partial charge < -0.3 is 29.6 Å². The first-order chi connectivity index (χ1) is 24.3. The number of unbranched alkanes of at least 4 members (excludes halogenated alkanes) is 7. The van der Waals surface area contributed by atoms with Crippen LogP contribution in [0.15, 0.2) is 101 Å². The van der Waals surface area contributed by atoms with E-state index in [1.54, 1.807) is 6.92 Å². The van der Waals surface area contributed by atoms with Crippen LogP contribution in [0, 0.1) is 0 Å². The molecular weight excluding hydrogens is 628 g/mol. The van der Waals surface area contributed by atoms with Crippen LogP contribution >= 0.6 is 0 Å². The third-order valence-electron chi connectivity index (χ3n) is 8.50. The van der Waals surface area contributed by atoms with Crippen molar-refractivity contribution in [1.29, 1.82) is 0 Å². The molecule has 5 rings (SSSR count). The van der Waals surface area contributed by atoms with Gasteiger partial charge in [-0.1, -0.05) is 57.2 Å². The molecule has 0 saturated carbocycles. The summed E-state index contributed by atoms with van der Waals surface area (Å²) in [7, 11) is 0. The number of anilines is 2. The molecule has 0 bridgehead atoms. The zero-order chi connectivity index (χ0) is 35.2. The lowest BCUT2D eigenvalue weighted by molar-refractivity contribution is -0.139. The molecule has 0 fully saturated rings. The molecule has 2 N–H and O–H groups in total. The van der Waals surface area contributed by atoms with Crippen molar-refractivity contribution in [2.75, 3.05) is 37.1 Å². The van der Waals surface area contributed by atoms with E-state index in [1.165, 1.54) is 25.7 Å². The molecule has 0 saturated heterocycles. The van der Waals surface area contributed by atoms with E-state index in [9.17, 15) is 4.79 Å². The lowest BCUT2D eigenvalue weighted by Crippen LogP contribution is -2.50. The van der Waals surface area contributed by atoms with Crippen LogP contribution in [0.3, 0.4) is 0 Å². The Morgan fingerprint density at radius 1 is 0.700 bits per heavy atom. The zero-order valence-electron chi connectivity index (χ0n) is 29.6. The number of esters is 1. The summed E-state index contributed by atoms with van der Waals surface area (Å²) in [5, 5.41) is 18.5. The molecule has 1 aliphatic heterocycles. The van der Waals surface area contributed by atoms with Gasteiger partial charge in [-0.3, -0.25) is 0 Å². The molecule has 4 aromatic rings. The number of rotatable bonds is 20. The molecule has 1 atom stereocenters. The Bertz CT molecular complexity index is 1720. The second kappa shape index (κ2) is 18.1. The minimum atomic E-state index is -0.515. The van der Waals surface area contributed by atoms with Gasteiger partial charge in [-0.15, -0.1) is 5.11 Å². The van der Waals surface area contributed by atoms with Gasteiger partial charge in [-0.05, 0) is 100 Å². The first-order valence-corrected chi connectivity index (χ1v) is 17.8. The Kier molecular flexibility index (Phi) is 13.1. The summed E-state index contributed by atoms with van der Waals surface area (Å²) in [5.74, 6) is 2.16. The van der Waals surface area contributed by atoms with Crippen molar-refractivity contribution in [3.05, 3.63) is 91.0 Å². The number of hydrogen-bond donors (Lipinski definition) is 2. The van der Waals surface area contributed by atoms with Crippen LogP contribution in [0.5, 0.6) is 17.2 Å². The van der Waals surface area contributed by atoms with Gasteiger partial charge in [0.05, 0.1) is 31.2 Å². The Morgan fingerprint density at radius 2 is 1.28 bits per heavy atom. The number of benzene rings is 4. The summed E-state index contributed by atoms with van der Waals surface area (Å²) in [5.41, 5.74) is 3.54. The van der Waals surface area contributed by atoms with Crippen molar-refractivity contribution >= 4 is 39.5 Å². The lowest BCUT2D eigenvalue weighted by atomic mass is 9.99. The van der Waals surface area contributed by atoms with Gasteiger partial charge in [-0.25, -0.2) is 4.79 Å². The van der Waals surface area contributed by atoms with E-state index in [0.29, 0.717) is 32.0 Å². The van der Waals surface area contributed by atoms with Crippen LogP contribution in [0.2, 0.25) is 0 Å². The monoisotopic (exact) mass is 678 g/mol. The first-order valence-electron chi connectivity index (χ1n) is 17.8. The van der Waals surface area contributed by atoms with Gasteiger partial charge in [-0.2, -0.15) is 5.11 Å². The van der Waals surface area contributed by atoms with E-state index in [0.717, 1.165) is 76.5 Å². The highest BCUT2D eigenvalue weighted by Crippen LogP contribution is 2.42. The molecule has 4 aromatic carbocycles. The summed E-state index contributed by atoms with van der Waals surface area (Å²) in [4.78, 5) is 11.4. The van der Waals surface area contributed by atoms with Crippen molar-refractivity contribution in [2.45, 2.75) is 77.8 Å². The highest BCUT2D eigenvalue weighted by atomic mass is 16.5. The van der Waals surface area contributed by atoms with E-state index in [1.807, 2.05) is 67.6 Å². The Labute approximate surface area is 296 Å². The SMILES string of the molecule is C=C(C)C(=O)OCCCCCCCCCCOc1ccc(/N=N/c2ccc3c4c(cccc24)NC(C)(COc2ccc(OCC)cc2)N3)cc1. The lowest BCUT2D eigenvalue weighted by Gasteiger charge is -2.38. The van der Waals surface area contributed by atoms with E-state index < -0.39 is 5.66 Å². The smallest absolute Gasteiger partial charge is 0.333 e. The first kappa shape index (κ1) is 36.2. The molecule has 1 unspecified atom stereocenters. The summed E-state index contributed by atoms with van der Waals surface area (Å²) in [6, 6.07) is 25.7. The maximum atomic E-state index is 11.4. The second-order valence-electron chi connectivity index (χ2n) is 12.9. The van der Waals surface area contributed by atoms with Crippen LogP contribution in [0.25, 0.3) is 10.8 Å². The van der Waals surface area contributed by atoms with E-state index in [-0.39, 0.29) is 5.97 Å². The van der Waals surface area contributed by atoms with Crippen molar-refractivity contribution in [2.24, 2.45) is 10.2 Å². The maximum absolute atomic E-state index is 11.4. The molecule has 264 valence electrons. The number of carbonyl (C=O) groups excluding carboxylic acids is 1. The number of nitrogens with zero attached hydrogens (tertiary/aromatic N) is 2. The van der Waals surface area contributed by atoms with Gasteiger partial charge in [0.1, 0.15) is 29.5 Å². The predicted octanol–water partition coefficient (Wildman–Crippen LogP) is 10.9. The molecule has 0 radical (unpaired) electrons. The fourth-order valence-corrected chi connectivity index (χ4v) is 5.87. The molecular formula is C41H50N4O5. The molecule has 0 aliphatic carbocycles. The van der Waals surface area contributed by atoms with Gasteiger partial charge in [0.2, 0.25) is 0 Å². The minimum Gasteiger partial charge on any atom is -0.494 e. The molecule has 9 heteroatoms. The molecule has 1 aliphatic rings. The van der Waals surface area contributed by atoms with Crippen LogP contribution in [-0.4, -0.2) is 38.1 Å². The normalized spacial score (nSPS) is 14.9. The summed E-state index contributed by atoms with van der Waals surface area (Å²) in [6.45, 7) is 11.6. The predicted molar refractivity (Wildman–Crippen MR) is 202 cm³/mol. The van der Waals surface area contributed by atoms with Crippen molar-refractivity contribution in [3.63, 3.8) is 0 Å². The molecule has 50 heavy (non-hydrogen) atoms. The quantitative estimate of drug-likeness (QED) is 0.0415. The topological polar surface area (TPSA) is 103 Å². The van der Waals surface area contributed by atoms with Crippen molar-refractivity contribution in [1.82, 2.24) is 0 Å². The third kappa shape index (κ3) is 10.5. The minimum absolute atomic E-state index is 0.294. The largest absolute Gasteiger partial charge is 0.494 e. The molecule has 0 aromatic heterocycles.